The smallest absolute Gasteiger partial charge is 0.226 e. The van der Waals surface area contributed by atoms with Gasteiger partial charge in [0.1, 0.15) is 0 Å². The number of azo groups is 1. The van der Waals surface area contributed by atoms with Crippen molar-refractivity contribution in [1.82, 2.24) is 0 Å². The summed E-state index contributed by atoms with van der Waals surface area (Å²) in [4.78, 5) is 0. The van der Waals surface area contributed by atoms with Gasteiger partial charge in [0.2, 0.25) is 0 Å². The van der Waals surface area contributed by atoms with Crippen LogP contribution in [0.25, 0.3) is 0 Å². The lowest BCUT2D eigenvalue weighted by Gasteiger charge is -2.61. The highest BCUT2D eigenvalue weighted by Crippen LogP contribution is 2.85. The van der Waals surface area contributed by atoms with Crippen LogP contribution in [0.2, 0.25) is 0 Å². The van der Waals surface area contributed by atoms with E-state index in [0.29, 0.717) is 0 Å². The van der Waals surface area contributed by atoms with E-state index in [9.17, 15) is 70.2 Å². The predicted molar refractivity (Wildman–Crippen MR) is 196 cm³/mol. The number of alkyl halides is 74. The summed E-state index contributed by atoms with van der Waals surface area (Å²) in [6, 6.07) is 0. The summed E-state index contributed by atoms with van der Waals surface area (Å²) in [7, 11) is 0. The van der Waals surface area contributed by atoms with Crippen LogP contribution < -0.4 is 0 Å². The molecule has 0 radical (unpaired) electrons. The Balaban J connectivity index is 3.40. The zero-order chi connectivity index (χ0) is 95.4. The molecule has 0 aromatic carbocycles. The van der Waals surface area contributed by atoms with Gasteiger partial charge in [0.15, 0.2) is 0 Å². The van der Waals surface area contributed by atoms with Gasteiger partial charge in [-0.1, -0.05) is 0 Å². The zero-order valence-corrected chi connectivity index (χ0v) is 48.9. The molecule has 0 aromatic rings. The highest BCUT2D eigenvalue weighted by atomic mass is 19.5. The van der Waals surface area contributed by atoms with E-state index in [1.165, 1.54) is 0 Å². The third kappa shape index (κ3) is 8.69. The molecular weight excluding hydrogens is 1910 g/mol. The Morgan fingerprint density at radius 1 is 0.0690 bits per heavy atom. The van der Waals surface area contributed by atoms with Gasteiger partial charge in [-0.2, -0.15) is 326 Å². The van der Waals surface area contributed by atoms with Gasteiger partial charge >= 0.3 is 213 Å². The molecule has 0 spiro atoms. The minimum absolute atomic E-state index is 3.39. The number of nitrogens with zero attached hydrogens (tertiary/aromatic N) is 2. The van der Waals surface area contributed by atoms with E-state index >= 15 is 255 Å². The van der Waals surface area contributed by atoms with Gasteiger partial charge in [0.25, 0.3) is 22.4 Å². The van der Waals surface area contributed by atoms with Crippen LogP contribution in [0.5, 0.6) is 0 Å². The number of halogens is 74. The first-order chi connectivity index (χ1) is 48.7. The molecule has 0 N–H and O–H groups in total. The Morgan fingerprint density at radius 2 is 0.121 bits per heavy atom. The monoisotopic (exact) mass is 1910 g/mol. The van der Waals surface area contributed by atoms with E-state index in [1.54, 1.807) is 0 Å². The van der Waals surface area contributed by atoms with Gasteiger partial charge < -0.3 is 0 Å². The summed E-state index contributed by atoms with van der Waals surface area (Å²) in [6.45, 7) is 0. The maximum atomic E-state index is 18.3. The topological polar surface area (TPSA) is 24.7 Å². The van der Waals surface area contributed by atoms with Crippen molar-refractivity contribution in [3.63, 3.8) is 0 Å². The van der Waals surface area contributed by atoms with E-state index in [-0.39, 0.29) is 0 Å². The fourth-order valence-electron chi connectivity index (χ4n) is 10.4. The Morgan fingerprint density at radius 3 is 0.190 bits per heavy atom. The Labute approximate surface area is 572 Å². The lowest BCUT2D eigenvalue weighted by Crippen LogP contribution is -2.95. The Bertz CT molecular complexity index is 3390. The quantitative estimate of drug-likeness (QED) is 0.198. The molecule has 0 heterocycles. The molecule has 688 valence electrons. The van der Waals surface area contributed by atoms with E-state index in [0.717, 1.165) is 0 Å². The molecule has 0 aliphatic heterocycles. The molecule has 0 amide bonds. The molecule has 0 atom stereocenters. The van der Waals surface area contributed by atoms with Crippen molar-refractivity contribution in [1.29, 1.82) is 0 Å². The van der Waals surface area contributed by atoms with Gasteiger partial charge in [-0.05, 0) is 0 Å². The van der Waals surface area contributed by atoms with E-state index in [1.807, 2.05) is 0 Å². The second-order valence-electron chi connectivity index (χ2n) is 23.6. The maximum absolute atomic E-state index is 18.3. The van der Waals surface area contributed by atoms with Gasteiger partial charge in [-0.3, -0.25) is 0 Å². The molecule has 4 aliphatic carbocycles. The lowest BCUT2D eigenvalue weighted by molar-refractivity contribution is -0.529. The van der Waals surface area contributed by atoms with Crippen molar-refractivity contribution in [2.45, 2.75) is 236 Å². The molecule has 0 aromatic heterocycles. The van der Waals surface area contributed by atoms with Crippen LogP contribution in [0.1, 0.15) is 0 Å². The minimum Gasteiger partial charge on any atom is -0.226 e. The van der Waals surface area contributed by atoms with E-state index < -0.39 is 246 Å². The van der Waals surface area contributed by atoms with Crippen molar-refractivity contribution in [3.8, 4) is 0 Å². The van der Waals surface area contributed by atoms with Crippen LogP contribution >= 0.6 is 0 Å². The van der Waals surface area contributed by atoms with Crippen LogP contribution in [-0.2, 0) is 0 Å². The summed E-state index contributed by atoms with van der Waals surface area (Å²) in [5, 5.41) is -6.79. The molecule has 76 heteroatoms. The molecule has 0 unspecified atom stereocenters. The molecule has 4 fully saturated rings. The van der Waals surface area contributed by atoms with Gasteiger partial charge in [-0.25, -0.2) is 8.78 Å². The third-order valence-electron chi connectivity index (χ3n) is 17.5. The van der Waals surface area contributed by atoms with E-state index in [4.69, 9.17) is 0 Å². The van der Waals surface area contributed by atoms with Crippen LogP contribution in [0, 0.1) is 0 Å². The largest absolute Gasteiger partial charge is 0.385 e. The average molecular weight is 1910 g/mol. The predicted octanol–water partition coefficient (Wildman–Crippen LogP) is 23.3. The van der Waals surface area contributed by atoms with Crippen LogP contribution in [-0.4, -0.2) is 236 Å². The number of hydrogen-bond donors (Lipinski definition) is 0. The number of hydrogen-bond acceptors (Lipinski definition) is 2. The fourth-order valence-corrected chi connectivity index (χ4v) is 10.4. The first-order valence-electron chi connectivity index (χ1n) is 25.1. The summed E-state index contributed by atoms with van der Waals surface area (Å²) in [5.74, 6) is -455. The molecule has 116 heavy (non-hydrogen) atoms. The zero-order valence-electron chi connectivity index (χ0n) is 48.9. The van der Waals surface area contributed by atoms with Crippen molar-refractivity contribution >= 4 is 0 Å². The second kappa shape index (κ2) is 23.0. The fraction of sp³-hybridized carbons (Fsp3) is 1.00. The van der Waals surface area contributed by atoms with Gasteiger partial charge in [-0.15, -0.1) is 0 Å². The molecule has 4 aliphatic rings. The summed E-state index contributed by atoms with van der Waals surface area (Å²) in [5.41, 5.74) is -60.5. The van der Waals surface area contributed by atoms with Crippen molar-refractivity contribution in [2.24, 2.45) is 10.2 Å². The Hall–Kier alpha value is -5.58. The summed E-state index contributed by atoms with van der Waals surface area (Å²) in [6.07, 6.45) is 0. The first kappa shape index (κ1) is 103. The van der Waals surface area contributed by atoms with Gasteiger partial charge in [0.05, 0.1) is 0 Å². The lowest BCUT2D eigenvalue weighted by atomic mass is 9.57. The Kier molecular flexibility index (Phi) is 20.4. The highest BCUT2D eigenvalue weighted by Gasteiger charge is 3.17. The van der Waals surface area contributed by atoms with Crippen molar-refractivity contribution in [3.05, 3.63) is 0 Å². The van der Waals surface area contributed by atoms with Gasteiger partial charge in [0, 0.05) is 0 Å². The molecule has 4 rings (SSSR count). The average Bonchev–Trinajstić information content (AvgIpc) is 0.628. The molecule has 0 saturated heterocycles. The highest BCUT2D eigenvalue weighted by molar-refractivity contribution is 5.45. The summed E-state index contributed by atoms with van der Waals surface area (Å²) < 4.78 is 1170. The van der Waals surface area contributed by atoms with Crippen LogP contribution in [0.4, 0.5) is 325 Å². The van der Waals surface area contributed by atoms with E-state index in [2.05, 4.69) is 0 Å². The second-order valence-corrected chi connectivity index (χ2v) is 23.6. The number of rotatable bonds is 4. The molecular formula is C40F74N2. The molecule has 2 nitrogen and oxygen atoms in total. The van der Waals surface area contributed by atoms with Crippen molar-refractivity contribution < 1.29 is 325 Å². The van der Waals surface area contributed by atoms with Crippen molar-refractivity contribution in [2.75, 3.05) is 0 Å². The standard InChI is InChI=1S/C40F74N2/c41-1(5(43,44)13(59,60)21(75,76)29(91,92)37(107,108)30(93,94)22(77,78)14(61,62)6(1,45)46)3(9(51,52)17(67,68)25(83,84)33(99,100)39(111,112)34(101,102)26(85,86)18(69,70)10(3,53)54)115-116-4(11(55,56)19(71,72)27(87,88)35(103,104)40(113,114)36(105,106)28(89,90)20(73,74)12(4,57)58)2(42)7(47,48)15(63,64)23(79,80)31(95,96)38(109,110)32(97,98)24(81,82)16(65,66)8(2,49)50. The summed E-state index contributed by atoms with van der Waals surface area (Å²) >= 11 is 0. The molecule has 0 bridgehead atoms. The van der Waals surface area contributed by atoms with Crippen LogP contribution in [0.15, 0.2) is 10.2 Å². The maximum Gasteiger partial charge on any atom is 0.385 e. The minimum atomic E-state index is -15.3. The SMILES string of the molecule is FC1(F)C(F)(F)C(F)(F)C(F)(F)C(F)(F)C(F)(C2(N=NC3(C4(F)C(F)(F)C(F)(F)C(F)(F)C(F)(F)C(F)(F)C(F)(F)C(F)(F)C(F)(F)C4(F)F)C(F)(F)C(F)(F)C(F)(F)C(F)(F)C(F)(F)C(F)(F)C(F)(F)C(F)(F)C3(F)F)C(F)(F)C(F)(F)C(F)(F)C(F)(F)C(F)(F)C(F)(F)C(F)(F)C(F)(F)C2(F)F)C(F)(F)C(F)(F)C(F)(F)C1(F)F. The first-order valence-corrected chi connectivity index (χ1v) is 25.1. The normalized spacial score (nSPS) is 35.3. The van der Waals surface area contributed by atoms with Crippen LogP contribution in [0.3, 0.4) is 0 Å². The third-order valence-corrected chi connectivity index (χ3v) is 17.5. The molecule has 4 saturated carbocycles.